The summed E-state index contributed by atoms with van der Waals surface area (Å²) in [6.45, 7) is 2.37. The van der Waals surface area contributed by atoms with Crippen LogP contribution in [0.3, 0.4) is 0 Å². The van der Waals surface area contributed by atoms with E-state index in [0.29, 0.717) is 24.9 Å². The molecule has 0 spiro atoms. The van der Waals surface area contributed by atoms with Crippen molar-refractivity contribution in [1.29, 1.82) is 0 Å². The topological polar surface area (TPSA) is 96.2 Å². The van der Waals surface area contributed by atoms with Crippen molar-refractivity contribution in [3.8, 4) is 0 Å². The summed E-state index contributed by atoms with van der Waals surface area (Å²) in [6, 6.07) is 5.27. The van der Waals surface area contributed by atoms with E-state index < -0.39 is 0 Å². The molecule has 0 aliphatic carbocycles. The number of aryl methyl sites for hydroxylation is 1. The van der Waals surface area contributed by atoms with Crippen molar-refractivity contribution in [2.75, 3.05) is 12.0 Å². The van der Waals surface area contributed by atoms with Gasteiger partial charge in [0, 0.05) is 24.6 Å². The molecular formula is C13H18N4O2. The van der Waals surface area contributed by atoms with E-state index in [0.717, 1.165) is 11.3 Å². The van der Waals surface area contributed by atoms with Gasteiger partial charge in [0.05, 0.1) is 5.69 Å². The minimum absolute atomic E-state index is 0.00202. The van der Waals surface area contributed by atoms with E-state index in [1.807, 2.05) is 6.92 Å². The number of benzene rings is 1. The minimum atomic E-state index is -0.132. The Balaban J connectivity index is 2.00. The van der Waals surface area contributed by atoms with Crippen molar-refractivity contribution in [3.05, 3.63) is 29.3 Å². The first kappa shape index (κ1) is 13.4. The summed E-state index contributed by atoms with van der Waals surface area (Å²) in [7, 11) is 0. The van der Waals surface area contributed by atoms with Gasteiger partial charge in [-0.15, -0.1) is 0 Å². The van der Waals surface area contributed by atoms with Crippen LogP contribution in [0.25, 0.3) is 0 Å². The van der Waals surface area contributed by atoms with Gasteiger partial charge in [0.2, 0.25) is 5.91 Å². The number of anilines is 1. The van der Waals surface area contributed by atoms with Gasteiger partial charge in [-0.3, -0.25) is 15.4 Å². The SMILES string of the molecule is Cc1cc(C(=O)NC2CCC(=O)NC2)ccc1NN. The fourth-order valence-corrected chi connectivity index (χ4v) is 2.09. The van der Waals surface area contributed by atoms with Crippen LogP contribution in [0, 0.1) is 6.92 Å². The highest BCUT2D eigenvalue weighted by Gasteiger charge is 2.20. The Hall–Kier alpha value is -2.08. The summed E-state index contributed by atoms with van der Waals surface area (Å²) in [4.78, 5) is 23.1. The van der Waals surface area contributed by atoms with Gasteiger partial charge in [0.25, 0.3) is 5.91 Å². The summed E-state index contributed by atoms with van der Waals surface area (Å²) in [5.41, 5.74) is 4.86. The first-order valence-electron chi connectivity index (χ1n) is 6.25. The van der Waals surface area contributed by atoms with Crippen molar-refractivity contribution < 1.29 is 9.59 Å². The summed E-state index contributed by atoms with van der Waals surface area (Å²) >= 11 is 0. The molecule has 0 aromatic heterocycles. The molecule has 102 valence electrons. The third-order valence-electron chi connectivity index (χ3n) is 3.24. The number of nitrogens with one attached hydrogen (secondary N) is 3. The maximum absolute atomic E-state index is 12.1. The van der Waals surface area contributed by atoms with E-state index >= 15 is 0 Å². The van der Waals surface area contributed by atoms with Crippen LogP contribution in [0.2, 0.25) is 0 Å². The Bertz CT molecular complexity index is 491. The lowest BCUT2D eigenvalue weighted by Gasteiger charge is -2.23. The summed E-state index contributed by atoms with van der Waals surface area (Å²) in [6.07, 6.45) is 1.14. The Morgan fingerprint density at radius 3 is 2.84 bits per heavy atom. The van der Waals surface area contributed by atoms with Crippen molar-refractivity contribution in [2.24, 2.45) is 5.84 Å². The maximum Gasteiger partial charge on any atom is 0.251 e. The average Bonchev–Trinajstić information content (AvgIpc) is 2.41. The third kappa shape index (κ3) is 3.23. The molecule has 1 fully saturated rings. The van der Waals surface area contributed by atoms with Crippen LogP contribution < -0.4 is 21.9 Å². The molecule has 2 rings (SSSR count). The molecule has 6 nitrogen and oxygen atoms in total. The standard InChI is InChI=1S/C13H18N4O2/c1-8-6-9(2-4-11(8)17-14)13(19)16-10-3-5-12(18)15-7-10/h2,4,6,10,17H,3,5,7,14H2,1H3,(H,15,18)(H,16,19). The van der Waals surface area contributed by atoms with E-state index in [4.69, 9.17) is 5.84 Å². The fraction of sp³-hybridized carbons (Fsp3) is 0.385. The zero-order valence-electron chi connectivity index (χ0n) is 10.8. The fourth-order valence-electron chi connectivity index (χ4n) is 2.09. The van der Waals surface area contributed by atoms with Crippen molar-refractivity contribution in [3.63, 3.8) is 0 Å². The Kier molecular flexibility index (Phi) is 4.01. The first-order valence-corrected chi connectivity index (χ1v) is 6.25. The van der Waals surface area contributed by atoms with Crippen LogP contribution in [-0.2, 0) is 4.79 Å². The predicted octanol–water partition coefficient (Wildman–Crippen LogP) is 0.289. The zero-order valence-corrected chi connectivity index (χ0v) is 10.8. The lowest BCUT2D eigenvalue weighted by molar-refractivity contribution is -0.122. The van der Waals surface area contributed by atoms with Gasteiger partial charge >= 0.3 is 0 Å². The lowest BCUT2D eigenvalue weighted by Crippen LogP contribution is -2.47. The van der Waals surface area contributed by atoms with Gasteiger partial charge < -0.3 is 16.1 Å². The third-order valence-corrected chi connectivity index (χ3v) is 3.24. The van der Waals surface area contributed by atoms with Gasteiger partial charge in [-0.2, -0.15) is 0 Å². The van der Waals surface area contributed by atoms with Crippen LogP contribution in [0.15, 0.2) is 18.2 Å². The molecule has 19 heavy (non-hydrogen) atoms. The van der Waals surface area contributed by atoms with Crippen molar-refractivity contribution in [2.45, 2.75) is 25.8 Å². The van der Waals surface area contributed by atoms with E-state index in [9.17, 15) is 9.59 Å². The molecule has 1 aliphatic rings. The van der Waals surface area contributed by atoms with Gasteiger partial charge in [-0.25, -0.2) is 0 Å². The molecule has 1 aromatic rings. The lowest BCUT2D eigenvalue weighted by atomic mass is 10.1. The number of rotatable bonds is 3. The summed E-state index contributed by atoms with van der Waals surface area (Å²) in [5.74, 6) is 5.26. The second-order valence-electron chi connectivity index (χ2n) is 4.69. The second kappa shape index (κ2) is 5.71. The molecule has 1 heterocycles. The molecule has 0 saturated carbocycles. The summed E-state index contributed by atoms with van der Waals surface area (Å²) < 4.78 is 0. The number of hydrogen-bond donors (Lipinski definition) is 4. The van der Waals surface area contributed by atoms with E-state index in [2.05, 4.69) is 16.1 Å². The summed E-state index contributed by atoms with van der Waals surface area (Å²) in [5, 5.41) is 5.65. The zero-order chi connectivity index (χ0) is 13.8. The molecule has 1 unspecified atom stereocenters. The molecule has 6 heteroatoms. The molecule has 0 radical (unpaired) electrons. The van der Waals surface area contributed by atoms with Gasteiger partial charge in [-0.1, -0.05) is 0 Å². The Morgan fingerprint density at radius 1 is 1.47 bits per heavy atom. The Labute approximate surface area is 111 Å². The molecular weight excluding hydrogens is 244 g/mol. The highest BCUT2D eigenvalue weighted by Crippen LogP contribution is 2.15. The number of carbonyl (C=O) groups is 2. The van der Waals surface area contributed by atoms with Crippen LogP contribution in [0.4, 0.5) is 5.69 Å². The highest BCUT2D eigenvalue weighted by molar-refractivity contribution is 5.95. The van der Waals surface area contributed by atoms with Crippen LogP contribution in [0.1, 0.15) is 28.8 Å². The first-order chi connectivity index (χ1) is 9.10. The average molecular weight is 262 g/mol. The number of piperidine rings is 1. The maximum atomic E-state index is 12.1. The quantitative estimate of drug-likeness (QED) is 0.465. The molecule has 1 aromatic carbocycles. The van der Waals surface area contributed by atoms with Crippen LogP contribution in [0.5, 0.6) is 0 Å². The van der Waals surface area contributed by atoms with Crippen LogP contribution >= 0.6 is 0 Å². The number of nitrogen functional groups attached to an aromatic ring is 1. The Morgan fingerprint density at radius 2 is 2.26 bits per heavy atom. The second-order valence-corrected chi connectivity index (χ2v) is 4.69. The normalized spacial score (nSPS) is 18.6. The van der Waals surface area contributed by atoms with Crippen molar-refractivity contribution in [1.82, 2.24) is 10.6 Å². The number of amides is 2. The van der Waals surface area contributed by atoms with Crippen molar-refractivity contribution >= 4 is 17.5 Å². The number of hydrogen-bond acceptors (Lipinski definition) is 4. The molecule has 2 amide bonds. The molecule has 5 N–H and O–H groups in total. The largest absolute Gasteiger partial charge is 0.354 e. The van der Waals surface area contributed by atoms with E-state index in [1.54, 1.807) is 18.2 Å². The number of hydrazine groups is 1. The van der Waals surface area contributed by atoms with Crippen LogP contribution in [-0.4, -0.2) is 24.4 Å². The highest BCUT2D eigenvalue weighted by atomic mass is 16.2. The van der Waals surface area contributed by atoms with E-state index in [1.165, 1.54) is 0 Å². The van der Waals surface area contributed by atoms with Gasteiger partial charge in [0.1, 0.15) is 0 Å². The number of nitrogens with two attached hydrogens (primary N) is 1. The molecule has 1 saturated heterocycles. The predicted molar refractivity (Wildman–Crippen MR) is 72.5 cm³/mol. The number of carbonyl (C=O) groups excluding carboxylic acids is 2. The minimum Gasteiger partial charge on any atom is -0.354 e. The van der Waals surface area contributed by atoms with E-state index in [-0.39, 0.29) is 17.9 Å². The monoisotopic (exact) mass is 262 g/mol. The van der Waals surface area contributed by atoms with Gasteiger partial charge in [-0.05, 0) is 37.1 Å². The molecule has 1 atom stereocenters. The van der Waals surface area contributed by atoms with Gasteiger partial charge in [0.15, 0.2) is 0 Å². The molecule has 0 bridgehead atoms. The smallest absolute Gasteiger partial charge is 0.251 e. The molecule has 1 aliphatic heterocycles.